The van der Waals surface area contributed by atoms with Crippen LogP contribution in [0.1, 0.15) is 11.1 Å². The van der Waals surface area contributed by atoms with Gasteiger partial charge in [-0.05, 0) is 30.7 Å². The molecule has 0 bridgehead atoms. The minimum atomic E-state index is -0.362. The van der Waals surface area contributed by atoms with Crippen LogP contribution < -0.4 is 4.74 Å². The van der Waals surface area contributed by atoms with Gasteiger partial charge >= 0.3 is 0 Å². The van der Waals surface area contributed by atoms with Crippen molar-refractivity contribution in [3.8, 4) is 17.1 Å². The van der Waals surface area contributed by atoms with E-state index in [4.69, 9.17) is 4.74 Å². The van der Waals surface area contributed by atoms with Crippen LogP contribution >= 0.6 is 11.8 Å². The number of thioether (sulfide) groups is 1. The first-order valence-electron chi connectivity index (χ1n) is 8.18. The van der Waals surface area contributed by atoms with Gasteiger partial charge in [0.2, 0.25) is 0 Å². The molecule has 1 aromatic heterocycles. The van der Waals surface area contributed by atoms with E-state index in [-0.39, 0.29) is 11.6 Å². The fourth-order valence-electron chi connectivity index (χ4n) is 2.63. The molecule has 0 radical (unpaired) electrons. The summed E-state index contributed by atoms with van der Waals surface area (Å²) in [5, 5.41) is 9.45. The monoisotopic (exact) mass is 369 g/mol. The van der Waals surface area contributed by atoms with Crippen LogP contribution in [0.15, 0.2) is 60.3 Å². The number of halogens is 1. The van der Waals surface area contributed by atoms with Gasteiger partial charge in [0.05, 0.1) is 7.11 Å². The van der Waals surface area contributed by atoms with Gasteiger partial charge in [-0.15, -0.1) is 16.8 Å². The molecule has 0 amide bonds. The number of hydrogen-bond donors (Lipinski definition) is 0. The van der Waals surface area contributed by atoms with Gasteiger partial charge in [-0.1, -0.05) is 47.7 Å². The molecule has 1 heterocycles. The van der Waals surface area contributed by atoms with Crippen molar-refractivity contribution in [3.05, 3.63) is 72.1 Å². The largest absolute Gasteiger partial charge is 0.494 e. The number of rotatable bonds is 7. The van der Waals surface area contributed by atoms with Gasteiger partial charge < -0.3 is 4.74 Å². The van der Waals surface area contributed by atoms with Crippen LogP contribution in [0.5, 0.6) is 5.75 Å². The fraction of sp³-hybridized carbons (Fsp3) is 0.200. The average molecular weight is 369 g/mol. The van der Waals surface area contributed by atoms with E-state index in [2.05, 4.69) is 22.8 Å². The quantitative estimate of drug-likeness (QED) is 0.440. The summed E-state index contributed by atoms with van der Waals surface area (Å²) in [5.74, 6) is 1.27. The lowest BCUT2D eigenvalue weighted by Gasteiger charge is -2.09. The highest BCUT2D eigenvalue weighted by molar-refractivity contribution is 7.98. The number of ether oxygens (including phenoxy) is 1. The predicted molar refractivity (Wildman–Crippen MR) is 103 cm³/mol. The Balaban J connectivity index is 1.84. The number of aryl methyl sites for hydroxylation is 1. The van der Waals surface area contributed by atoms with E-state index in [9.17, 15) is 4.39 Å². The third kappa shape index (κ3) is 3.96. The van der Waals surface area contributed by atoms with Gasteiger partial charge in [0, 0.05) is 17.9 Å². The van der Waals surface area contributed by atoms with Crippen molar-refractivity contribution in [2.24, 2.45) is 0 Å². The molecule has 2 aromatic carbocycles. The molecule has 0 aliphatic rings. The smallest absolute Gasteiger partial charge is 0.192 e. The molecule has 3 aromatic rings. The Morgan fingerprint density at radius 1 is 1.23 bits per heavy atom. The maximum Gasteiger partial charge on any atom is 0.192 e. The first kappa shape index (κ1) is 18.2. The highest BCUT2D eigenvalue weighted by Gasteiger charge is 2.14. The Kier molecular flexibility index (Phi) is 5.73. The maximum atomic E-state index is 13.9. The van der Waals surface area contributed by atoms with Crippen molar-refractivity contribution >= 4 is 11.8 Å². The van der Waals surface area contributed by atoms with E-state index in [1.165, 1.54) is 30.5 Å². The van der Waals surface area contributed by atoms with Crippen LogP contribution in [0.3, 0.4) is 0 Å². The number of allylic oxidation sites excluding steroid dienone is 1. The molecule has 0 spiro atoms. The van der Waals surface area contributed by atoms with Crippen LogP contribution in [-0.2, 0) is 12.3 Å². The van der Waals surface area contributed by atoms with Gasteiger partial charge in [0.15, 0.2) is 22.5 Å². The zero-order valence-corrected chi connectivity index (χ0v) is 15.6. The molecule has 0 N–H and O–H groups in total. The second-order valence-electron chi connectivity index (χ2n) is 5.83. The molecular weight excluding hydrogens is 349 g/mol. The van der Waals surface area contributed by atoms with E-state index in [1.54, 1.807) is 6.07 Å². The molecule has 0 aliphatic heterocycles. The standard InChI is InChI=1S/C20H20FN3OS/c1-4-10-24-19(16-7-5-6-14(2)11-16)22-23-20(24)26-13-15-8-9-18(25-3)17(21)12-15/h4-9,11-12H,1,10,13H2,2-3H3. The third-order valence-electron chi connectivity index (χ3n) is 3.89. The lowest BCUT2D eigenvalue weighted by Crippen LogP contribution is -2.01. The first-order chi connectivity index (χ1) is 12.6. The summed E-state index contributed by atoms with van der Waals surface area (Å²) >= 11 is 1.52. The molecule has 4 nitrogen and oxygen atoms in total. The van der Waals surface area contributed by atoms with Gasteiger partial charge in [0.25, 0.3) is 0 Å². The summed E-state index contributed by atoms with van der Waals surface area (Å²) in [4.78, 5) is 0. The zero-order chi connectivity index (χ0) is 18.5. The van der Waals surface area contributed by atoms with E-state index in [0.29, 0.717) is 12.3 Å². The molecule has 3 rings (SSSR count). The number of benzene rings is 2. The van der Waals surface area contributed by atoms with Gasteiger partial charge in [-0.25, -0.2) is 4.39 Å². The molecule has 134 valence electrons. The van der Waals surface area contributed by atoms with Gasteiger partial charge in [-0.2, -0.15) is 0 Å². The predicted octanol–water partition coefficient (Wildman–Crippen LogP) is 4.88. The SMILES string of the molecule is C=CCn1c(SCc2ccc(OC)c(F)c2)nnc1-c1cccc(C)c1. The Bertz CT molecular complexity index is 923. The summed E-state index contributed by atoms with van der Waals surface area (Å²) in [7, 11) is 1.46. The first-order valence-corrected chi connectivity index (χ1v) is 9.17. The Labute approximate surface area is 156 Å². The molecule has 0 fully saturated rings. The molecular formula is C20H20FN3OS. The number of aromatic nitrogens is 3. The van der Waals surface area contributed by atoms with Crippen LogP contribution in [0.2, 0.25) is 0 Å². The Morgan fingerprint density at radius 2 is 2.08 bits per heavy atom. The van der Waals surface area contributed by atoms with Gasteiger partial charge in [-0.3, -0.25) is 4.57 Å². The molecule has 0 saturated carbocycles. The molecule has 26 heavy (non-hydrogen) atoms. The van der Waals surface area contributed by atoms with Crippen molar-refractivity contribution in [1.82, 2.24) is 14.8 Å². The van der Waals surface area contributed by atoms with E-state index in [1.807, 2.05) is 41.8 Å². The number of nitrogens with zero attached hydrogens (tertiary/aromatic N) is 3. The highest BCUT2D eigenvalue weighted by atomic mass is 32.2. The molecule has 0 unspecified atom stereocenters. The van der Waals surface area contributed by atoms with Crippen molar-refractivity contribution in [1.29, 1.82) is 0 Å². The van der Waals surface area contributed by atoms with Crippen molar-refractivity contribution in [2.75, 3.05) is 7.11 Å². The maximum absolute atomic E-state index is 13.9. The summed E-state index contributed by atoms with van der Waals surface area (Å²) in [6, 6.07) is 13.1. The normalized spacial score (nSPS) is 10.7. The lowest BCUT2D eigenvalue weighted by atomic mass is 10.1. The van der Waals surface area contributed by atoms with Crippen molar-refractivity contribution < 1.29 is 9.13 Å². The van der Waals surface area contributed by atoms with Crippen LogP contribution in [0, 0.1) is 12.7 Å². The topological polar surface area (TPSA) is 39.9 Å². The molecule has 0 aliphatic carbocycles. The lowest BCUT2D eigenvalue weighted by molar-refractivity contribution is 0.386. The van der Waals surface area contributed by atoms with Gasteiger partial charge in [0.1, 0.15) is 0 Å². The van der Waals surface area contributed by atoms with Crippen LogP contribution in [0.4, 0.5) is 4.39 Å². The Morgan fingerprint density at radius 3 is 2.77 bits per heavy atom. The van der Waals surface area contributed by atoms with E-state index >= 15 is 0 Å². The van der Waals surface area contributed by atoms with Crippen molar-refractivity contribution in [2.45, 2.75) is 24.4 Å². The summed E-state index contributed by atoms with van der Waals surface area (Å²) < 4.78 is 20.8. The van der Waals surface area contributed by atoms with Crippen LogP contribution in [-0.4, -0.2) is 21.9 Å². The second kappa shape index (κ2) is 8.19. The highest BCUT2D eigenvalue weighted by Crippen LogP contribution is 2.28. The average Bonchev–Trinajstić information content (AvgIpc) is 3.03. The summed E-state index contributed by atoms with van der Waals surface area (Å²) in [5.41, 5.74) is 3.04. The Hall–Kier alpha value is -2.60. The molecule has 6 heteroatoms. The van der Waals surface area contributed by atoms with Crippen molar-refractivity contribution in [3.63, 3.8) is 0 Å². The third-order valence-corrected chi connectivity index (χ3v) is 4.93. The van der Waals surface area contributed by atoms with E-state index < -0.39 is 0 Å². The number of hydrogen-bond acceptors (Lipinski definition) is 4. The zero-order valence-electron chi connectivity index (χ0n) is 14.8. The summed E-state index contributed by atoms with van der Waals surface area (Å²) in [6.07, 6.45) is 1.82. The second-order valence-corrected chi connectivity index (χ2v) is 6.78. The summed E-state index contributed by atoms with van der Waals surface area (Å²) in [6.45, 7) is 6.48. The molecule has 0 atom stereocenters. The number of methoxy groups -OCH3 is 1. The molecule has 0 saturated heterocycles. The van der Waals surface area contributed by atoms with Crippen LogP contribution in [0.25, 0.3) is 11.4 Å². The minimum Gasteiger partial charge on any atom is -0.494 e. The van der Waals surface area contributed by atoms with E-state index in [0.717, 1.165) is 22.1 Å². The fourth-order valence-corrected chi connectivity index (χ4v) is 3.53. The minimum absolute atomic E-state index is 0.246.